The van der Waals surface area contributed by atoms with E-state index in [9.17, 15) is 9.18 Å². The number of amides is 1. The Morgan fingerprint density at radius 1 is 1.24 bits per heavy atom. The predicted molar refractivity (Wildman–Crippen MR) is 98.1 cm³/mol. The minimum Gasteiger partial charge on any atom is -0.484 e. The van der Waals surface area contributed by atoms with Crippen molar-refractivity contribution in [1.82, 2.24) is 0 Å². The molecule has 0 saturated carbocycles. The summed E-state index contributed by atoms with van der Waals surface area (Å²) < 4.78 is 18.6. The average molecular weight is 362 g/mol. The van der Waals surface area contributed by atoms with Crippen LogP contribution < -0.4 is 9.64 Å². The number of hydrogen-bond acceptors (Lipinski definition) is 2. The van der Waals surface area contributed by atoms with Crippen molar-refractivity contribution < 1.29 is 13.9 Å². The van der Waals surface area contributed by atoms with Gasteiger partial charge in [0.1, 0.15) is 11.6 Å². The first kappa shape index (κ1) is 17.7. The maximum Gasteiger partial charge on any atom is 0.264 e. The number of hydrogen-bond donors (Lipinski definition) is 0. The van der Waals surface area contributed by atoms with E-state index >= 15 is 0 Å². The van der Waals surface area contributed by atoms with Gasteiger partial charge in [0.15, 0.2) is 6.61 Å². The third kappa shape index (κ3) is 3.79. The molecule has 0 radical (unpaired) electrons. The highest BCUT2D eigenvalue weighted by Crippen LogP contribution is 2.33. The zero-order chi connectivity index (χ0) is 18.2. The lowest BCUT2D eigenvalue weighted by molar-refractivity contribution is -0.120. The van der Waals surface area contributed by atoms with E-state index in [4.69, 9.17) is 16.3 Å². The summed E-state index contributed by atoms with van der Waals surface area (Å²) in [6.07, 6.45) is 0.841. The van der Waals surface area contributed by atoms with Crippen LogP contribution in [0.2, 0.25) is 5.02 Å². The van der Waals surface area contributed by atoms with Crippen LogP contribution in [0, 0.1) is 5.82 Å². The molecule has 1 aliphatic rings. The topological polar surface area (TPSA) is 29.5 Å². The Bertz CT molecular complexity index is 814. The Morgan fingerprint density at radius 3 is 2.68 bits per heavy atom. The van der Waals surface area contributed by atoms with Gasteiger partial charge in [0.25, 0.3) is 5.91 Å². The molecule has 1 aliphatic heterocycles. The predicted octanol–water partition coefficient (Wildman–Crippen LogP) is 4.74. The second-order valence-corrected chi connectivity index (χ2v) is 7.66. The van der Waals surface area contributed by atoms with Gasteiger partial charge in [-0.05, 0) is 41.2 Å². The normalized spacial score (nSPS) is 13.7. The first-order chi connectivity index (χ1) is 11.8. The first-order valence-corrected chi connectivity index (χ1v) is 8.65. The van der Waals surface area contributed by atoms with Crippen molar-refractivity contribution in [2.24, 2.45) is 0 Å². The van der Waals surface area contributed by atoms with Crippen LogP contribution in [0.15, 0.2) is 36.4 Å². The van der Waals surface area contributed by atoms with E-state index in [2.05, 4.69) is 32.9 Å². The molecule has 0 aliphatic carbocycles. The molecule has 0 fully saturated rings. The van der Waals surface area contributed by atoms with Gasteiger partial charge in [-0.2, -0.15) is 0 Å². The number of ether oxygens (including phenoxy) is 1. The minimum absolute atomic E-state index is 0.0221. The standard InChI is InChI=1S/C20H21ClFNO2/c1-20(2,3)14-4-7-18-13(10-14)8-9-23(18)19(24)12-25-15-5-6-17(22)16(21)11-15/h4-7,10-11H,8-9,12H2,1-3H3. The zero-order valence-corrected chi connectivity index (χ0v) is 15.4. The van der Waals surface area contributed by atoms with Crippen LogP contribution in [0.5, 0.6) is 5.75 Å². The second-order valence-electron chi connectivity index (χ2n) is 7.25. The Balaban J connectivity index is 1.70. The van der Waals surface area contributed by atoms with E-state index < -0.39 is 5.82 Å². The van der Waals surface area contributed by atoms with Crippen LogP contribution in [-0.2, 0) is 16.6 Å². The molecule has 1 heterocycles. The number of carbonyl (C=O) groups is 1. The Hall–Kier alpha value is -2.07. The quantitative estimate of drug-likeness (QED) is 0.789. The van der Waals surface area contributed by atoms with Crippen LogP contribution in [0.1, 0.15) is 31.9 Å². The number of fused-ring (bicyclic) bond motifs is 1. The largest absolute Gasteiger partial charge is 0.484 e. The van der Waals surface area contributed by atoms with Crippen molar-refractivity contribution in [2.75, 3.05) is 18.1 Å². The summed E-state index contributed by atoms with van der Waals surface area (Å²) in [4.78, 5) is 14.3. The number of rotatable bonds is 3. The van der Waals surface area contributed by atoms with Crippen molar-refractivity contribution in [2.45, 2.75) is 32.6 Å². The van der Waals surface area contributed by atoms with Gasteiger partial charge >= 0.3 is 0 Å². The van der Waals surface area contributed by atoms with Crippen molar-refractivity contribution >= 4 is 23.2 Å². The molecule has 0 N–H and O–H groups in total. The Labute approximate surface area is 152 Å². The zero-order valence-electron chi connectivity index (χ0n) is 14.6. The van der Waals surface area contributed by atoms with Crippen molar-refractivity contribution in [1.29, 1.82) is 0 Å². The van der Waals surface area contributed by atoms with Crippen LogP contribution >= 0.6 is 11.6 Å². The van der Waals surface area contributed by atoms with E-state index in [-0.39, 0.29) is 23.0 Å². The highest BCUT2D eigenvalue weighted by molar-refractivity contribution is 6.30. The molecule has 2 aromatic carbocycles. The lowest BCUT2D eigenvalue weighted by Crippen LogP contribution is -2.33. The summed E-state index contributed by atoms with van der Waals surface area (Å²) in [6.45, 7) is 7.06. The molecule has 0 unspecified atom stereocenters. The molecular weight excluding hydrogens is 341 g/mol. The van der Waals surface area contributed by atoms with E-state index in [1.165, 1.54) is 29.3 Å². The fraction of sp³-hybridized carbons (Fsp3) is 0.350. The summed E-state index contributed by atoms with van der Waals surface area (Å²) >= 11 is 5.72. The number of nitrogens with zero attached hydrogens (tertiary/aromatic N) is 1. The van der Waals surface area contributed by atoms with Gasteiger partial charge in [0, 0.05) is 18.3 Å². The molecule has 25 heavy (non-hydrogen) atoms. The van der Waals surface area contributed by atoms with Crippen LogP contribution in [0.25, 0.3) is 0 Å². The van der Waals surface area contributed by atoms with Crippen LogP contribution in [0.4, 0.5) is 10.1 Å². The van der Waals surface area contributed by atoms with Gasteiger partial charge in [0.2, 0.25) is 0 Å². The number of benzene rings is 2. The van der Waals surface area contributed by atoms with Gasteiger partial charge in [-0.15, -0.1) is 0 Å². The lowest BCUT2D eigenvalue weighted by Gasteiger charge is -2.21. The summed E-state index contributed by atoms with van der Waals surface area (Å²) in [5, 5.41) is -0.0221. The fourth-order valence-electron chi connectivity index (χ4n) is 2.92. The summed E-state index contributed by atoms with van der Waals surface area (Å²) in [5.41, 5.74) is 3.47. The Morgan fingerprint density at radius 2 is 2.00 bits per heavy atom. The molecule has 0 aromatic heterocycles. The molecule has 0 atom stereocenters. The van der Waals surface area contributed by atoms with Crippen molar-refractivity contribution in [3.8, 4) is 5.75 Å². The molecule has 3 rings (SSSR count). The molecule has 132 valence electrons. The van der Waals surface area contributed by atoms with Gasteiger partial charge in [-0.3, -0.25) is 4.79 Å². The Kier molecular flexibility index (Phi) is 4.74. The van der Waals surface area contributed by atoms with Crippen LogP contribution in [-0.4, -0.2) is 19.1 Å². The van der Waals surface area contributed by atoms with Crippen molar-refractivity contribution in [3.05, 3.63) is 58.4 Å². The summed E-state index contributed by atoms with van der Waals surface area (Å²) in [6, 6.07) is 10.3. The van der Waals surface area contributed by atoms with E-state index in [0.717, 1.165) is 12.1 Å². The van der Waals surface area contributed by atoms with Gasteiger partial charge in [0.05, 0.1) is 5.02 Å². The monoisotopic (exact) mass is 361 g/mol. The molecular formula is C20H21ClFNO2. The number of anilines is 1. The third-order valence-electron chi connectivity index (χ3n) is 4.40. The molecule has 1 amide bonds. The van der Waals surface area contributed by atoms with Crippen LogP contribution in [0.3, 0.4) is 0 Å². The lowest BCUT2D eigenvalue weighted by atomic mass is 9.86. The summed E-state index contributed by atoms with van der Waals surface area (Å²) in [7, 11) is 0. The third-order valence-corrected chi connectivity index (χ3v) is 4.69. The maximum atomic E-state index is 13.2. The molecule has 0 spiro atoms. The van der Waals surface area contributed by atoms with E-state index in [0.29, 0.717) is 12.3 Å². The molecule has 0 saturated heterocycles. The minimum atomic E-state index is -0.511. The second kappa shape index (κ2) is 6.68. The van der Waals surface area contributed by atoms with E-state index in [1.54, 1.807) is 4.90 Å². The molecule has 3 nitrogen and oxygen atoms in total. The van der Waals surface area contributed by atoms with Gasteiger partial charge in [-0.1, -0.05) is 44.5 Å². The number of carbonyl (C=O) groups excluding carboxylic acids is 1. The molecule has 2 aromatic rings. The van der Waals surface area contributed by atoms with Gasteiger partial charge < -0.3 is 9.64 Å². The van der Waals surface area contributed by atoms with Crippen molar-refractivity contribution in [3.63, 3.8) is 0 Å². The fourth-order valence-corrected chi connectivity index (χ4v) is 3.09. The summed E-state index contributed by atoms with van der Waals surface area (Å²) in [5.74, 6) is -0.256. The van der Waals surface area contributed by atoms with E-state index in [1.807, 2.05) is 6.07 Å². The van der Waals surface area contributed by atoms with Gasteiger partial charge in [-0.25, -0.2) is 4.39 Å². The molecule has 5 heteroatoms. The maximum absolute atomic E-state index is 13.2. The average Bonchev–Trinajstić information content (AvgIpc) is 2.98. The first-order valence-electron chi connectivity index (χ1n) is 8.27. The molecule has 0 bridgehead atoms. The number of halogens is 2. The highest BCUT2D eigenvalue weighted by atomic mass is 35.5. The highest BCUT2D eigenvalue weighted by Gasteiger charge is 2.26. The smallest absolute Gasteiger partial charge is 0.264 e. The SMILES string of the molecule is CC(C)(C)c1ccc2c(c1)CCN2C(=O)COc1ccc(F)c(Cl)c1.